The summed E-state index contributed by atoms with van der Waals surface area (Å²) in [5.74, 6) is -0.293. The minimum absolute atomic E-state index is 0.169. The quantitative estimate of drug-likeness (QED) is 0.801. The van der Waals surface area contributed by atoms with Gasteiger partial charge in [0.25, 0.3) is 0 Å². The monoisotopic (exact) mass is 388 g/mol. The Labute approximate surface area is 165 Å². The summed E-state index contributed by atoms with van der Waals surface area (Å²) >= 11 is 0. The molecular weight excluding hydrogens is 360 g/mol. The fourth-order valence-electron chi connectivity index (χ4n) is 4.29. The molecule has 1 N–H and O–H groups in total. The van der Waals surface area contributed by atoms with Crippen LogP contribution < -0.4 is 0 Å². The van der Waals surface area contributed by atoms with E-state index in [0.29, 0.717) is 25.2 Å². The molecule has 2 aliphatic heterocycles. The van der Waals surface area contributed by atoms with Crippen LogP contribution in [0.1, 0.15) is 60.3 Å². The third kappa shape index (κ3) is 3.49. The Balaban J connectivity index is 1.40. The van der Waals surface area contributed by atoms with Gasteiger partial charge >= 0.3 is 12.1 Å². The summed E-state index contributed by atoms with van der Waals surface area (Å²) in [6.45, 7) is 9.66. The molecule has 0 spiro atoms. The summed E-state index contributed by atoms with van der Waals surface area (Å²) in [4.78, 5) is 28.2. The lowest BCUT2D eigenvalue weighted by atomic mass is 9.95. The zero-order valence-corrected chi connectivity index (χ0v) is 16.9. The van der Waals surface area contributed by atoms with Crippen molar-refractivity contribution in [2.45, 2.75) is 64.5 Å². The molecular formula is C21H28N2O5. The number of aliphatic hydroxyl groups is 1. The summed E-state index contributed by atoms with van der Waals surface area (Å²) in [6, 6.07) is 4.02. The molecule has 152 valence electrons. The van der Waals surface area contributed by atoms with Crippen molar-refractivity contribution in [2.75, 3.05) is 19.6 Å². The highest BCUT2D eigenvalue weighted by Gasteiger charge is 2.51. The van der Waals surface area contributed by atoms with E-state index in [1.54, 1.807) is 6.07 Å². The van der Waals surface area contributed by atoms with Gasteiger partial charge in [-0.25, -0.2) is 9.59 Å². The van der Waals surface area contributed by atoms with Crippen molar-refractivity contribution in [1.29, 1.82) is 0 Å². The molecule has 1 aromatic rings. The summed E-state index contributed by atoms with van der Waals surface area (Å²) in [5, 5.41) is 10.8. The van der Waals surface area contributed by atoms with Gasteiger partial charge in [0.2, 0.25) is 0 Å². The first-order chi connectivity index (χ1) is 13.2. The first kappa shape index (κ1) is 19.2. The standard InChI is InChI=1S/C21H28N2O5/c1-12-13(5-6-14-15(12)11-27-19(14)25)18(24)10-22-7-8-23(17-9-16(17)22)20(26)28-21(2,3)4/h5-6,16-18,24H,7-11H2,1-4H3/t16-,17-,18-/m0/s1. The van der Waals surface area contributed by atoms with E-state index >= 15 is 0 Å². The van der Waals surface area contributed by atoms with E-state index in [-0.39, 0.29) is 30.8 Å². The predicted molar refractivity (Wildman–Crippen MR) is 102 cm³/mol. The van der Waals surface area contributed by atoms with Crippen LogP contribution in [0.2, 0.25) is 0 Å². The Morgan fingerprint density at radius 2 is 2.07 bits per heavy atom. The number of esters is 1. The second-order valence-electron chi connectivity index (χ2n) is 8.94. The number of hydrogen-bond acceptors (Lipinski definition) is 6. The van der Waals surface area contributed by atoms with E-state index in [1.165, 1.54) is 0 Å². The molecule has 7 nitrogen and oxygen atoms in total. The van der Waals surface area contributed by atoms with Crippen LogP contribution in [0.25, 0.3) is 0 Å². The maximum atomic E-state index is 12.4. The zero-order chi connectivity index (χ0) is 20.2. The Morgan fingerprint density at radius 3 is 2.79 bits per heavy atom. The number of carbonyl (C=O) groups excluding carboxylic acids is 2. The number of fused-ring (bicyclic) bond motifs is 2. The summed E-state index contributed by atoms with van der Waals surface area (Å²) in [5.41, 5.74) is 2.74. The minimum atomic E-state index is -0.643. The number of β-amino-alcohol motifs (C(OH)–C–C–N with tert-alkyl or cyclic N) is 1. The molecule has 1 amide bonds. The van der Waals surface area contributed by atoms with Crippen LogP contribution in [0.3, 0.4) is 0 Å². The third-order valence-corrected chi connectivity index (χ3v) is 5.82. The van der Waals surface area contributed by atoms with Crippen LogP contribution in [0.5, 0.6) is 0 Å². The number of amides is 1. The second-order valence-corrected chi connectivity index (χ2v) is 8.94. The van der Waals surface area contributed by atoms with E-state index in [2.05, 4.69) is 4.90 Å². The van der Waals surface area contributed by atoms with Gasteiger partial charge in [-0.2, -0.15) is 0 Å². The fraction of sp³-hybridized carbons (Fsp3) is 0.619. The van der Waals surface area contributed by atoms with Gasteiger partial charge in [0.05, 0.1) is 17.7 Å². The normalized spacial score (nSPS) is 25.0. The van der Waals surface area contributed by atoms with Crippen molar-refractivity contribution in [3.8, 4) is 0 Å². The Hall–Kier alpha value is -2.12. The molecule has 2 heterocycles. The number of nitrogens with zero attached hydrogens (tertiary/aromatic N) is 2. The highest BCUT2D eigenvalue weighted by Crippen LogP contribution is 2.39. The van der Waals surface area contributed by atoms with Crippen LogP contribution in [0, 0.1) is 6.92 Å². The van der Waals surface area contributed by atoms with E-state index in [0.717, 1.165) is 23.1 Å². The molecule has 2 fully saturated rings. The van der Waals surface area contributed by atoms with E-state index < -0.39 is 11.7 Å². The Morgan fingerprint density at radius 1 is 1.32 bits per heavy atom. The number of benzene rings is 1. The highest BCUT2D eigenvalue weighted by atomic mass is 16.6. The van der Waals surface area contributed by atoms with Gasteiger partial charge in [0.15, 0.2) is 0 Å². The number of piperazine rings is 1. The van der Waals surface area contributed by atoms with E-state index in [4.69, 9.17) is 9.47 Å². The molecule has 28 heavy (non-hydrogen) atoms. The Bertz CT molecular complexity index is 816. The van der Waals surface area contributed by atoms with Crippen LogP contribution in [-0.2, 0) is 16.1 Å². The summed E-state index contributed by atoms with van der Waals surface area (Å²) in [7, 11) is 0. The van der Waals surface area contributed by atoms with Gasteiger partial charge in [0, 0.05) is 31.2 Å². The fourth-order valence-corrected chi connectivity index (χ4v) is 4.29. The van der Waals surface area contributed by atoms with Crippen molar-refractivity contribution < 1.29 is 24.2 Å². The molecule has 4 rings (SSSR count). The summed E-state index contributed by atoms with van der Waals surface area (Å²) < 4.78 is 10.6. The van der Waals surface area contributed by atoms with Gasteiger partial charge in [-0.15, -0.1) is 0 Å². The molecule has 3 atom stereocenters. The molecule has 0 bridgehead atoms. The predicted octanol–water partition coefficient (Wildman–Crippen LogP) is 2.39. The minimum Gasteiger partial charge on any atom is -0.457 e. The number of carbonyl (C=O) groups is 2. The first-order valence-corrected chi connectivity index (χ1v) is 9.87. The van der Waals surface area contributed by atoms with Crippen LogP contribution in [0.4, 0.5) is 4.79 Å². The van der Waals surface area contributed by atoms with Crippen molar-refractivity contribution in [3.63, 3.8) is 0 Å². The zero-order valence-electron chi connectivity index (χ0n) is 16.9. The molecule has 0 radical (unpaired) electrons. The smallest absolute Gasteiger partial charge is 0.410 e. The van der Waals surface area contributed by atoms with Crippen LogP contribution in [-0.4, -0.2) is 64.3 Å². The Kier molecular flexibility index (Phi) is 4.62. The average Bonchev–Trinajstić information content (AvgIpc) is 3.31. The second kappa shape index (κ2) is 6.74. The molecule has 0 aromatic heterocycles. The topological polar surface area (TPSA) is 79.3 Å². The number of ether oxygens (including phenoxy) is 2. The van der Waals surface area contributed by atoms with Gasteiger partial charge in [-0.05, 0) is 51.3 Å². The number of rotatable bonds is 3. The molecule has 0 unspecified atom stereocenters. The summed E-state index contributed by atoms with van der Waals surface area (Å²) in [6.07, 6.45) is 0.0203. The molecule has 1 saturated heterocycles. The van der Waals surface area contributed by atoms with Crippen LogP contribution >= 0.6 is 0 Å². The SMILES string of the molecule is Cc1c([C@@H](O)CN2CCN(C(=O)OC(C)(C)C)[C@H]3C[C@@H]32)ccc2c1COC2=O. The van der Waals surface area contributed by atoms with Gasteiger partial charge in [-0.3, -0.25) is 4.90 Å². The largest absolute Gasteiger partial charge is 0.457 e. The number of aliphatic hydroxyl groups excluding tert-OH is 1. The molecule has 1 aliphatic carbocycles. The molecule has 1 saturated carbocycles. The molecule has 3 aliphatic rings. The van der Waals surface area contributed by atoms with Crippen molar-refractivity contribution in [3.05, 3.63) is 34.4 Å². The van der Waals surface area contributed by atoms with Crippen molar-refractivity contribution in [1.82, 2.24) is 9.80 Å². The number of hydrogen-bond donors (Lipinski definition) is 1. The lowest BCUT2D eigenvalue weighted by Gasteiger charge is -2.36. The lowest BCUT2D eigenvalue weighted by Crippen LogP contribution is -2.50. The first-order valence-electron chi connectivity index (χ1n) is 9.87. The van der Waals surface area contributed by atoms with Gasteiger partial charge in [-0.1, -0.05) is 6.07 Å². The van der Waals surface area contributed by atoms with E-state index in [1.807, 2.05) is 38.7 Å². The molecule has 7 heteroatoms. The highest BCUT2D eigenvalue weighted by molar-refractivity contribution is 5.93. The lowest BCUT2D eigenvalue weighted by molar-refractivity contribution is 0.00881. The third-order valence-electron chi connectivity index (χ3n) is 5.82. The van der Waals surface area contributed by atoms with Crippen molar-refractivity contribution in [2.24, 2.45) is 0 Å². The maximum Gasteiger partial charge on any atom is 0.410 e. The van der Waals surface area contributed by atoms with E-state index in [9.17, 15) is 14.7 Å². The van der Waals surface area contributed by atoms with Gasteiger partial charge in [0.1, 0.15) is 12.2 Å². The average molecular weight is 388 g/mol. The van der Waals surface area contributed by atoms with Crippen molar-refractivity contribution >= 4 is 12.1 Å². The number of cyclic esters (lactones) is 1. The molecule has 1 aromatic carbocycles. The van der Waals surface area contributed by atoms with Crippen LogP contribution in [0.15, 0.2) is 12.1 Å². The maximum absolute atomic E-state index is 12.4. The van der Waals surface area contributed by atoms with Gasteiger partial charge < -0.3 is 19.5 Å².